The average molecular weight is 385 g/mol. The summed E-state index contributed by atoms with van der Waals surface area (Å²) in [4.78, 5) is 12.1. The summed E-state index contributed by atoms with van der Waals surface area (Å²) in [5.41, 5.74) is -0.853. The van der Waals surface area contributed by atoms with E-state index in [1.807, 2.05) is 0 Å². The molecule has 8 heteroatoms. The van der Waals surface area contributed by atoms with Crippen molar-refractivity contribution in [3.63, 3.8) is 0 Å². The molecule has 2 aromatic rings. The SMILES string of the molecule is N#C/C(=C\c1cccc(C(F)(F)F)c1)C(=O)Nc1ccc(Cl)c(Cl)c1. The van der Waals surface area contributed by atoms with Crippen LogP contribution >= 0.6 is 23.2 Å². The maximum Gasteiger partial charge on any atom is 0.416 e. The van der Waals surface area contributed by atoms with E-state index in [1.165, 1.54) is 30.3 Å². The number of benzene rings is 2. The fraction of sp³-hybridized carbons (Fsp3) is 0.0588. The van der Waals surface area contributed by atoms with E-state index in [0.717, 1.165) is 18.2 Å². The zero-order chi connectivity index (χ0) is 18.6. The molecule has 0 spiro atoms. The van der Waals surface area contributed by atoms with Crippen LogP contribution in [0.4, 0.5) is 18.9 Å². The molecule has 128 valence electrons. The summed E-state index contributed by atoms with van der Waals surface area (Å²) in [6.45, 7) is 0. The Bertz CT molecular complexity index is 886. The van der Waals surface area contributed by atoms with Crippen LogP contribution in [0.1, 0.15) is 11.1 Å². The smallest absolute Gasteiger partial charge is 0.321 e. The third-order valence-electron chi connectivity index (χ3n) is 3.07. The van der Waals surface area contributed by atoms with E-state index in [9.17, 15) is 18.0 Å². The molecule has 1 amide bonds. The van der Waals surface area contributed by atoms with Crippen LogP contribution in [-0.4, -0.2) is 5.91 Å². The number of nitrogens with zero attached hydrogens (tertiary/aromatic N) is 1. The Hall–Kier alpha value is -2.49. The van der Waals surface area contributed by atoms with Gasteiger partial charge in [0.15, 0.2) is 0 Å². The number of alkyl halides is 3. The molecular formula is C17H9Cl2F3N2O. The Kier molecular flexibility index (Phi) is 5.73. The van der Waals surface area contributed by atoms with Gasteiger partial charge in [-0.05, 0) is 42.0 Å². The van der Waals surface area contributed by atoms with Crippen LogP contribution in [0.15, 0.2) is 48.0 Å². The van der Waals surface area contributed by atoms with Crippen molar-refractivity contribution < 1.29 is 18.0 Å². The molecule has 0 aliphatic carbocycles. The largest absolute Gasteiger partial charge is 0.416 e. The molecule has 0 heterocycles. The van der Waals surface area contributed by atoms with Crippen molar-refractivity contribution in [2.75, 3.05) is 5.32 Å². The number of carbonyl (C=O) groups excluding carboxylic acids is 1. The number of nitriles is 1. The highest BCUT2D eigenvalue weighted by Gasteiger charge is 2.30. The third kappa shape index (κ3) is 4.99. The first-order valence-corrected chi connectivity index (χ1v) is 7.52. The summed E-state index contributed by atoms with van der Waals surface area (Å²) < 4.78 is 38.1. The van der Waals surface area contributed by atoms with Gasteiger partial charge in [0.05, 0.1) is 15.6 Å². The second kappa shape index (κ2) is 7.60. The summed E-state index contributed by atoms with van der Waals surface area (Å²) in [5, 5.41) is 12.0. The van der Waals surface area contributed by atoms with Crippen molar-refractivity contribution in [2.45, 2.75) is 6.18 Å². The maximum atomic E-state index is 12.7. The van der Waals surface area contributed by atoms with E-state index in [2.05, 4.69) is 5.32 Å². The van der Waals surface area contributed by atoms with E-state index in [4.69, 9.17) is 28.5 Å². The van der Waals surface area contributed by atoms with Gasteiger partial charge in [-0.3, -0.25) is 4.79 Å². The number of rotatable bonds is 3. The lowest BCUT2D eigenvalue weighted by atomic mass is 10.1. The standard InChI is InChI=1S/C17H9Cl2F3N2O/c18-14-5-4-13(8-15(14)19)24-16(25)11(9-23)6-10-2-1-3-12(7-10)17(20,21)22/h1-8H,(H,24,25)/b11-6+. The molecule has 0 saturated carbocycles. The molecular weight excluding hydrogens is 376 g/mol. The van der Waals surface area contributed by atoms with Gasteiger partial charge in [0.25, 0.3) is 5.91 Å². The van der Waals surface area contributed by atoms with Gasteiger partial charge in [-0.25, -0.2) is 0 Å². The number of hydrogen-bond acceptors (Lipinski definition) is 2. The Morgan fingerprint density at radius 2 is 1.84 bits per heavy atom. The molecule has 0 fully saturated rings. The molecule has 0 bridgehead atoms. The molecule has 0 aliphatic rings. The molecule has 25 heavy (non-hydrogen) atoms. The van der Waals surface area contributed by atoms with E-state index < -0.39 is 17.6 Å². The Labute approximate surface area is 151 Å². The fourth-order valence-corrected chi connectivity index (χ4v) is 2.19. The van der Waals surface area contributed by atoms with Crippen LogP contribution in [-0.2, 0) is 11.0 Å². The van der Waals surface area contributed by atoms with Crippen molar-refractivity contribution in [2.24, 2.45) is 0 Å². The Morgan fingerprint density at radius 3 is 2.44 bits per heavy atom. The van der Waals surface area contributed by atoms with Crippen LogP contribution in [0.5, 0.6) is 0 Å². The van der Waals surface area contributed by atoms with E-state index in [-0.39, 0.29) is 16.2 Å². The Balaban J connectivity index is 2.26. The highest BCUT2D eigenvalue weighted by Crippen LogP contribution is 2.30. The van der Waals surface area contributed by atoms with Gasteiger partial charge in [0.2, 0.25) is 0 Å². The monoisotopic (exact) mass is 384 g/mol. The molecule has 1 N–H and O–H groups in total. The normalized spacial score (nSPS) is 11.8. The van der Waals surface area contributed by atoms with Gasteiger partial charge in [0.1, 0.15) is 11.6 Å². The maximum absolute atomic E-state index is 12.7. The van der Waals surface area contributed by atoms with E-state index >= 15 is 0 Å². The first-order valence-electron chi connectivity index (χ1n) is 6.76. The molecule has 0 atom stereocenters. The van der Waals surface area contributed by atoms with Gasteiger partial charge in [-0.15, -0.1) is 0 Å². The lowest BCUT2D eigenvalue weighted by Gasteiger charge is -2.08. The summed E-state index contributed by atoms with van der Waals surface area (Å²) >= 11 is 11.6. The summed E-state index contributed by atoms with van der Waals surface area (Å²) in [5.74, 6) is -0.779. The fourth-order valence-electron chi connectivity index (χ4n) is 1.89. The number of amides is 1. The molecule has 0 saturated heterocycles. The number of hydrogen-bond donors (Lipinski definition) is 1. The summed E-state index contributed by atoms with van der Waals surface area (Å²) in [6.07, 6.45) is -3.44. The van der Waals surface area contributed by atoms with E-state index in [1.54, 1.807) is 6.07 Å². The molecule has 3 nitrogen and oxygen atoms in total. The first-order chi connectivity index (χ1) is 11.7. The van der Waals surface area contributed by atoms with Gasteiger partial charge < -0.3 is 5.32 Å². The predicted octanol–water partition coefficient (Wildman–Crippen LogP) is 5.56. The van der Waals surface area contributed by atoms with Gasteiger partial charge in [-0.2, -0.15) is 18.4 Å². The van der Waals surface area contributed by atoms with Crippen molar-refractivity contribution in [3.8, 4) is 6.07 Å². The minimum Gasteiger partial charge on any atom is -0.321 e. The highest BCUT2D eigenvalue weighted by atomic mass is 35.5. The average Bonchev–Trinajstić information content (AvgIpc) is 2.55. The zero-order valence-electron chi connectivity index (χ0n) is 12.4. The predicted molar refractivity (Wildman–Crippen MR) is 90.1 cm³/mol. The summed E-state index contributed by atoms with van der Waals surface area (Å²) in [6, 6.07) is 10.3. The van der Waals surface area contributed by atoms with Gasteiger partial charge >= 0.3 is 6.18 Å². The number of carbonyl (C=O) groups is 1. The minimum atomic E-state index is -4.51. The molecule has 0 unspecified atom stereocenters. The van der Waals surface area contributed by atoms with Crippen molar-refractivity contribution in [1.82, 2.24) is 0 Å². The third-order valence-corrected chi connectivity index (χ3v) is 3.81. The summed E-state index contributed by atoms with van der Waals surface area (Å²) in [7, 11) is 0. The lowest BCUT2D eigenvalue weighted by Crippen LogP contribution is -2.13. The van der Waals surface area contributed by atoms with Crippen LogP contribution in [0.2, 0.25) is 10.0 Å². The molecule has 0 radical (unpaired) electrons. The van der Waals surface area contributed by atoms with Crippen molar-refractivity contribution >= 4 is 40.9 Å². The topological polar surface area (TPSA) is 52.9 Å². The second-order valence-electron chi connectivity index (χ2n) is 4.88. The quantitative estimate of drug-likeness (QED) is 0.556. The number of halogens is 5. The molecule has 0 aromatic heterocycles. The molecule has 0 aliphatic heterocycles. The highest BCUT2D eigenvalue weighted by molar-refractivity contribution is 6.42. The molecule has 2 aromatic carbocycles. The lowest BCUT2D eigenvalue weighted by molar-refractivity contribution is -0.137. The van der Waals surface area contributed by atoms with Crippen molar-refractivity contribution in [3.05, 3.63) is 69.2 Å². The minimum absolute atomic E-state index is 0.0793. The first kappa shape index (κ1) is 18.8. The second-order valence-corrected chi connectivity index (χ2v) is 5.69. The van der Waals surface area contributed by atoms with Crippen LogP contribution < -0.4 is 5.32 Å². The van der Waals surface area contributed by atoms with Gasteiger partial charge in [0, 0.05) is 5.69 Å². The van der Waals surface area contributed by atoms with Crippen LogP contribution in [0, 0.1) is 11.3 Å². The Morgan fingerprint density at radius 1 is 1.12 bits per heavy atom. The van der Waals surface area contributed by atoms with Crippen molar-refractivity contribution in [1.29, 1.82) is 5.26 Å². The van der Waals surface area contributed by atoms with Gasteiger partial charge in [-0.1, -0.05) is 35.3 Å². The molecule has 2 rings (SSSR count). The van der Waals surface area contributed by atoms with Crippen LogP contribution in [0.25, 0.3) is 6.08 Å². The van der Waals surface area contributed by atoms with Crippen LogP contribution in [0.3, 0.4) is 0 Å². The number of anilines is 1. The number of nitrogens with one attached hydrogen (secondary N) is 1. The van der Waals surface area contributed by atoms with E-state index in [0.29, 0.717) is 10.7 Å². The zero-order valence-corrected chi connectivity index (χ0v) is 13.9.